The maximum Gasteiger partial charge on any atom is 0.000996 e. The zero-order valence-corrected chi connectivity index (χ0v) is 9.29. The Morgan fingerprint density at radius 2 is 1.77 bits per heavy atom. The van der Waals surface area contributed by atoms with Gasteiger partial charge in [0.05, 0.1) is 0 Å². The standard InChI is InChI=1S/C12H23N/c1-4-9(2)10-5-11-7-13(3)8-12(11)6-10/h9-12H,4-8H2,1-3H3/t9?,10?,11-,12+. The van der Waals surface area contributed by atoms with Crippen LogP contribution >= 0.6 is 0 Å². The van der Waals surface area contributed by atoms with E-state index in [0.717, 1.165) is 23.7 Å². The summed E-state index contributed by atoms with van der Waals surface area (Å²) in [4.78, 5) is 2.52. The number of fused-ring (bicyclic) bond motifs is 1. The van der Waals surface area contributed by atoms with E-state index in [1.54, 1.807) is 0 Å². The zero-order chi connectivity index (χ0) is 9.42. The molecule has 76 valence electrons. The molecule has 1 aliphatic heterocycles. The third kappa shape index (κ3) is 1.76. The van der Waals surface area contributed by atoms with Crippen LogP contribution < -0.4 is 0 Å². The van der Waals surface area contributed by atoms with Crippen LogP contribution in [0.4, 0.5) is 0 Å². The fourth-order valence-corrected chi connectivity index (χ4v) is 3.38. The van der Waals surface area contributed by atoms with Crippen molar-refractivity contribution < 1.29 is 0 Å². The predicted molar refractivity (Wildman–Crippen MR) is 56.7 cm³/mol. The summed E-state index contributed by atoms with van der Waals surface area (Å²) < 4.78 is 0. The molecule has 2 fully saturated rings. The van der Waals surface area contributed by atoms with E-state index in [0.29, 0.717) is 0 Å². The molecule has 1 heteroatoms. The molecule has 13 heavy (non-hydrogen) atoms. The molecule has 2 unspecified atom stereocenters. The Balaban J connectivity index is 1.90. The Kier molecular flexibility index (Phi) is 2.64. The quantitative estimate of drug-likeness (QED) is 0.633. The summed E-state index contributed by atoms with van der Waals surface area (Å²) >= 11 is 0. The van der Waals surface area contributed by atoms with Crippen LogP contribution in [0.2, 0.25) is 0 Å². The van der Waals surface area contributed by atoms with Crippen molar-refractivity contribution in [3.05, 3.63) is 0 Å². The van der Waals surface area contributed by atoms with Crippen LogP contribution in [0.3, 0.4) is 0 Å². The highest BCUT2D eigenvalue weighted by atomic mass is 15.1. The first kappa shape index (κ1) is 9.51. The van der Waals surface area contributed by atoms with E-state index in [1.807, 2.05) is 0 Å². The number of nitrogens with zero attached hydrogens (tertiary/aromatic N) is 1. The Bertz CT molecular complexity index is 164. The smallest absolute Gasteiger partial charge is 0.000996 e. The van der Waals surface area contributed by atoms with Crippen molar-refractivity contribution in [2.24, 2.45) is 23.7 Å². The molecular formula is C12H23N. The van der Waals surface area contributed by atoms with Gasteiger partial charge < -0.3 is 4.90 Å². The highest BCUT2D eigenvalue weighted by Crippen LogP contribution is 2.44. The van der Waals surface area contributed by atoms with E-state index in [1.165, 1.54) is 32.4 Å². The van der Waals surface area contributed by atoms with Crippen LogP contribution in [0, 0.1) is 23.7 Å². The fourth-order valence-electron chi connectivity index (χ4n) is 3.38. The molecule has 2 aliphatic rings. The molecule has 2 rings (SSSR count). The summed E-state index contributed by atoms with van der Waals surface area (Å²) in [6.07, 6.45) is 4.41. The molecule has 0 N–H and O–H groups in total. The number of rotatable bonds is 2. The topological polar surface area (TPSA) is 3.24 Å². The second-order valence-corrected chi connectivity index (χ2v) is 5.36. The second kappa shape index (κ2) is 3.61. The molecule has 0 aromatic carbocycles. The summed E-state index contributed by atoms with van der Waals surface area (Å²) in [5.74, 6) is 4.11. The van der Waals surface area contributed by atoms with Crippen LogP contribution in [0.5, 0.6) is 0 Å². The van der Waals surface area contributed by atoms with E-state index >= 15 is 0 Å². The van der Waals surface area contributed by atoms with Crippen molar-refractivity contribution in [1.82, 2.24) is 4.90 Å². The van der Waals surface area contributed by atoms with Gasteiger partial charge in [0.2, 0.25) is 0 Å². The minimum atomic E-state index is 0.968. The van der Waals surface area contributed by atoms with Crippen LogP contribution in [0.25, 0.3) is 0 Å². The molecule has 0 spiro atoms. The average Bonchev–Trinajstić information content (AvgIpc) is 2.59. The van der Waals surface area contributed by atoms with Gasteiger partial charge in [-0.25, -0.2) is 0 Å². The van der Waals surface area contributed by atoms with Gasteiger partial charge in [0.15, 0.2) is 0 Å². The molecule has 4 atom stereocenters. The molecule has 0 amide bonds. The third-order valence-electron chi connectivity index (χ3n) is 4.42. The molecular weight excluding hydrogens is 158 g/mol. The molecule has 0 aromatic rings. The maximum atomic E-state index is 2.52. The van der Waals surface area contributed by atoms with E-state index in [2.05, 4.69) is 25.8 Å². The fraction of sp³-hybridized carbons (Fsp3) is 1.00. The van der Waals surface area contributed by atoms with Gasteiger partial charge in [0.25, 0.3) is 0 Å². The lowest BCUT2D eigenvalue weighted by molar-refractivity contribution is 0.298. The monoisotopic (exact) mass is 181 g/mol. The van der Waals surface area contributed by atoms with Gasteiger partial charge in [-0.1, -0.05) is 20.3 Å². The van der Waals surface area contributed by atoms with E-state index in [-0.39, 0.29) is 0 Å². The minimum absolute atomic E-state index is 0.968. The molecule has 0 bridgehead atoms. The lowest BCUT2D eigenvalue weighted by Crippen LogP contribution is -2.18. The van der Waals surface area contributed by atoms with Crippen molar-refractivity contribution in [3.63, 3.8) is 0 Å². The normalized spacial score (nSPS) is 42.2. The van der Waals surface area contributed by atoms with Crippen LogP contribution in [-0.2, 0) is 0 Å². The zero-order valence-electron chi connectivity index (χ0n) is 9.29. The Morgan fingerprint density at radius 1 is 1.23 bits per heavy atom. The van der Waals surface area contributed by atoms with Gasteiger partial charge in [-0.15, -0.1) is 0 Å². The lowest BCUT2D eigenvalue weighted by Gasteiger charge is -2.19. The number of likely N-dealkylation sites (tertiary alicyclic amines) is 1. The summed E-state index contributed by atoms with van der Waals surface area (Å²) in [5, 5.41) is 0. The van der Waals surface area contributed by atoms with Crippen molar-refractivity contribution >= 4 is 0 Å². The Hall–Kier alpha value is -0.0400. The van der Waals surface area contributed by atoms with Gasteiger partial charge in [-0.2, -0.15) is 0 Å². The van der Waals surface area contributed by atoms with Gasteiger partial charge in [-0.3, -0.25) is 0 Å². The Morgan fingerprint density at radius 3 is 2.23 bits per heavy atom. The third-order valence-corrected chi connectivity index (χ3v) is 4.42. The molecule has 0 aromatic heterocycles. The van der Waals surface area contributed by atoms with Crippen molar-refractivity contribution in [2.75, 3.05) is 20.1 Å². The van der Waals surface area contributed by atoms with Crippen LogP contribution in [0.15, 0.2) is 0 Å². The lowest BCUT2D eigenvalue weighted by atomic mass is 9.89. The van der Waals surface area contributed by atoms with Gasteiger partial charge >= 0.3 is 0 Å². The van der Waals surface area contributed by atoms with Gasteiger partial charge in [0.1, 0.15) is 0 Å². The Labute approximate surface area is 82.5 Å². The van der Waals surface area contributed by atoms with E-state index in [9.17, 15) is 0 Å². The minimum Gasteiger partial charge on any atom is -0.306 e. The summed E-state index contributed by atoms with van der Waals surface area (Å²) in [7, 11) is 2.27. The first-order chi connectivity index (χ1) is 6.20. The van der Waals surface area contributed by atoms with Gasteiger partial charge in [-0.05, 0) is 43.6 Å². The molecule has 1 saturated heterocycles. The van der Waals surface area contributed by atoms with E-state index < -0.39 is 0 Å². The number of hydrogen-bond donors (Lipinski definition) is 0. The van der Waals surface area contributed by atoms with Crippen molar-refractivity contribution in [3.8, 4) is 0 Å². The van der Waals surface area contributed by atoms with Crippen LogP contribution in [-0.4, -0.2) is 25.0 Å². The molecule has 0 radical (unpaired) electrons. The van der Waals surface area contributed by atoms with Crippen molar-refractivity contribution in [2.45, 2.75) is 33.1 Å². The highest BCUT2D eigenvalue weighted by molar-refractivity contribution is 4.92. The molecule has 1 nitrogen and oxygen atoms in total. The molecule has 1 saturated carbocycles. The summed E-state index contributed by atoms with van der Waals surface area (Å²) in [6, 6.07) is 0. The van der Waals surface area contributed by atoms with E-state index in [4.69, 9.17) is 0 Å². The average molecular weight is 181 g/mol. The summed E-state index contributed by atoms with van der Waals surface area (Å²) in [6.45, 7) is 7.52. The SMILES string of the molecule is CCC(C)C1C[C@@H]2CN(C)C[C@@H]2C1. The molecule has 1 heterocycles. The first-order valence-electron chi connectivity index (χ1n) is 5.89. The largest absolute Gasteiger partial charge is 0.306 e. The highest BCUT2D eigenvalue weighted by Gasteiger charge is 2.40. The van der Waals surface area contributed by atoms with Gasteiger partial charge in [0, 0.05) is 13.1 Å². The second-order valence-electron chi connectivity index (χ2n) is 5.36. The number of hydrogen-bond acceptors (Lipinski definition) is 1. The van der Waals surface area contributed by atoms with Crippen LogP contribution in [0.1, 0.15) is 33.1 Å². The molecule has 1 aliphatic carbocycles. The summed E-state index contributed by atoms with van der Waals surface area (Å²) in [5.41, 5.74) is 0. The first-order valence-corrected chi connectivity index (χ1v) is 5.89. The van der Waals surface area contributed by atoms with Crippen molar-refractivity contribution in [1.29, 1.82) is 0 Å². The maximum absolute atomic E-state index is 2.52. The predicted octanol–water partition coefficient (Wildman–Crippen LogP) is 2.62.